The Hall–Kier alpha value is -1.16. The quantitative estimate of drug-likeness (QED) is 0.756. The minimum atomic E-state index is -0.782. The van der Waals surface area contributed by atoms with E-state index in [-0.39, 0.29) is 12.5 Å². The average molecular weight is 225 g/mol. The Labute approximate surface area is 93.9 Å². The molecule has 0 aliphatic carbocycles. The van der Waals surface area contributed by atoms with E-state index in [1.807, 2.05) is 37.4 Å². The zero-order valence-electron chi connectivity index (χ0n) is 8.86. The van der Waals surface area contributed by atoms with Crippen LogP contribution in [0.2, 0.25) is 0 Å². The molecule has 0 spiro atoms. The molecule has 3 nitrogen and oxygen atoms in total. The van der Waals surface area contributed by atoms with Gasteiger partial charge < -0.3 is 10.4 Å². The zero-order chi connectivity index (χ0) is 11.3. The van der Waals surface area contributed by atoms with Crippen LogP contribution in [0, 0.1) is 0 Å². The molecule has 2 N–H and O–H groups in total. The first-order valence-corrected chi connectivity index (χ1v) is 5.96. The van der Waals surface area contributed by atoms with Gasteiger partial charge in [-0.1, -0.05) is 0 Å². The molecule has 0 saturated carbocycles. The van der Waals surface area contributed by atoms with Crippen LogP contribution in [0.25, 0.3) is 0 Å². The van der Waals surface area contributed by atoms with Crippen LogP contribution in [0.15, 0.2) is 29.2 Å². The van der Waals surface area contributed by atoms with Crippen molar-refractivity contribution in [3.63, 3.8) is 0 Å². The Morgan fingerprint density at radius 1 is 1.47 bits per heavy atom. The molecule has 15 heavy (non-hydrogen) atoms. The van der Waals surface area contributed by atoms with Gasteiger partial charge in [-0.25, -0.2) is 0 Å². The number of hydrogen-bond donors (Lipinski definition) is 2. The average Bonchev–Trinajstić information content (AvgIpc) is 2.17. The number of hydrogen-bond acceptors (Lipinski definition) is 3. The number of rotatable bonds is 5. The summed E-state index contributed by atoms with van der Waals surface area (Å²) in [5.41, 5.74) is 0.960. The summed E-state index contributed by atoms with van der Waals surface area (Å²) in [5, 5.41) is 11.7. The molecule has 0 radical (unpaired) electrons. The molecule has 0 aliphatic heterocycles. The predicted molar refractivity (Wildman–Crippen MR) is 63.6 cm³/mol. The second kappa shape index (κ2) is 5.66. The van der Waals surface area contributed by atoms with Gasteiger partial charge in [0.25, 0.3) is 0 Å². The van der Waals surface area contributed by atoms with Crippen molar-refractivity contribution in [3.05, 3.63) is 24.3 Å². The van der Waals surface area contributed by atoms with E-state index >= 15 is 0 Å². The van der Waals surface area contributed by atoms with Crippen LogP contribution in [0.1, 0.15) is 13.3 Å². The van der Waals surface area contributed by atoms with Gasteiger partial charge in [0.15, 0.2) is 0 Å². The van der Waals surface area contributed by atoms with E-state index in [0.29, 0.717) is 0 Å². The minimum absolute atomic E-state index is 0.0531. The van der Waals surface area contributed by atoms with Gasteiger partial charge in [0.05, 0.1) is 6.42 Å². The van der Waals surface area contributed by atoms with Crippen molar-refractivity contribution in [1.29, 1.82) is 0 Å². The van der Waals surface area contributed by atoms with Crippen molar-refractivity contribution in [1.82, 2.24) is 0 Å². The highest BCUT2D eigenvalue weighted by Gasteiger charge is 2.06. The van der Waals surface area contributed by atoms with Crippen LogP contribution in [-0.2, 0) is 4.79 Å². The zero-order valence-corrected chi connectivity index (χ0v) is 9.67. The van der Waals surface area contributed by atoms with Gasteiger partial charge in [-0.3, -0.25) is 4.79 Å². The number of anilines is 1. The number of thioether (sulfide) groups is 1. The first-order valence-electron chi connectivity index (χ1n) is 4.74. The third kappa shape index (κ3) is 4.25. The van der Waals surface area contributed by atoms with Crippen LogP contribution in [0.5, 0.6) is 0 Å². The highest BCUT2D eigenvalue weighted by molar-refractivity contribution is 7.98. The molecule has 82 valence electrons. The molecule has 0 fully saturated rings. The molecule has 1 aromatic carbocycles. The van der Waals surface area contributed by atoms with Gasteiger partial charge >= 0.3 is 5.97 Å². The maximum absolute atomic E-state index is 10.5. The lowest BCUT2D eigenvalue weighted by Crippen LogP contribution is -2.19. The highest BCUT2D eigenvalue weighted by Crippen LogP contribution is 2.18. The molecule has 1 atom stereocenters. The predicted octanol–water partition coefficient (Wildman–Crippen LogP) is 2.68. The maximum atomic E-state index is 10.5. The van der Waals surface area contributed by atoms with Crippen LogP contribution in [0.3, 0.4) is 0 Å². The van der Waals surface area contributed by atoms with Crippen molar-refractivity contribution in [2.24, 2.45) is 0 Å². The van der Waals surface area contributed by atoms with Crippen LogP contribution in [-0.4, -0.2) is 23.4 Å². The Bertz CT molecular complexity index is 324. The SMILES string of the molecule is CSc1ccc(NC(C)CC(=O)O)cc1. The van der Waals surface area contributed by atoms with E-state index in [4.69, 9.17) is 5.11 Å². The number of nitrogens with one attached hydrogen (secondary N) is 1. The van der Waals surface area contributed by atoms with Gasteiger partial charge in [-0.2, -0.15) is 0 Å². The lowest BCUT2D eigenvalue weighted by molar-refractivity contribution is -0.137. The van der Waals surface area contributed by atoms with E-state index < -0.39 is 5.97 Å². The normalized spacial score (nSPS) is 12.1. The van der Waals surface area contributed by atoms with E-state index in [9.17, 15) is 4.79 Å². The topological polar surface area (TPSA) is 49.3 Å². The molecule has 4 heteroatoms. The fraction of sp³-hybridized carbons (Fsp3) is 0.364. The lowest BCUT2D eigenvalue weighted by atomic mass is 10.2. The molecule has 0 bridgehead atoms. The maximum Gasteiger partial charge on any atom is 0.305 e. The summed E-state index contributed by atoms with van der Waals surface area (Å²) in [4.78, 5) is 11.7. The fourth-order valence-electron chi connectivity index (χ4n) is 1.28. The molecule has 0 saturated heterocycles. The summed E-state index contributed by atoms with van der Waals surface area (Å²) in [6.07, 6.45) is 2.15. The van der Waals surface area contributed by atoms with Gasteiger partial charge in [0, 0.05) is 16.6 Å². The number of benzene rings is 1. The summed E-state index contributed by atoms with van der Waals surface area (Å²) in [7, 11) is 0. The van der Waals surface area contributed by atoms with Crippen molar-refractivity contribution >= 4 is 23.4 Å². The van der Waals surface area contributed by atoms with Crippen LogP contribution in [0.4, 0.5) is 5.69 Å². The Balaban J connectivity index is 2.53. The Morgan fingerprint density at radius 2 is 2.07 bits per heavy atom. The molecule has 0 aromatic heterocycles. The summed E-state index contributed by atoms with van der Waals surface area (Å²) in [6, 6.07) is 7.90. The van der Waals surface area contributed by atoms with Gasteiger partial charge in [-0.05, 0) is 37.4 Å². The molecule has 1 aromatic rings. The third-order valence-electron chi connectivity index (χ3n) is 1.98. The largest absolute Gasteiger partial charge is 0.481 e. The molecule has 1 rings (SSSR count). The number of carboxylic acids is 1. The molecule has 0 amide bonds. The Morgan fingerprint density at radius 3 is 2.53 bits per heavy atom. The molecular formula is C11H15NO2S. The van der Waals surface area contributed by atoms with Crippen LogP contribution >= 0.6 is 11.8 Å². The van der Waals surface area contributed by atoms with E-state index in [0.717, 1.165) is 5.69 Å². The summed E-state index contributed by atoms with van der Waals surface area (Å²) in [6.45, 7) is 1.86. The third-order valence-corrected chi connectivity index (χ3v) is 2.73. The minimum Gasteiger partial charge on any atom is -0.481 e. The second-order valence-corrected chi connectivity index (χ2v) is 4.25. The van der Waals surface area contributed by atoms with Crippen molar-refractivity contribution < 1.29 is 9.90 Å². The van der Waals surface area contributed by atoms with E-state index in [1.54, 1.807) is 11.8 Å². The first-order chi connectivity index (χ1) is 7.11. The first kappa shape index (κ1) is 11.9. The van der Waals surface area contributed by atoms with Crippen molar-refractivity contribution in [2.45, 2.75) is 24.3 Å². The highest BCUT2D eigenvalue weighted by atomic mass is 32.2. The smallest absolute Gasteiger partial charge is 0.305 e. The molecule has 0 heterocycles. The van der Waals surface area contributed by atoms with Crippen molar-refractivity contribution in [3.8, 4) is 0 Å². The Kier molecular flexibility index (Phi) is 4.49. The monoisotopic (exact) mass is 225 g/mol. The standard InChI is InChI=1S/C11H15NO2S/c1-8(7-11(13)14)12-9-3-5-10(15-2)6-4-9/h3-6,8,12H,7H2,1-2H3,(H,13,14). The summed E-state index contributed by atoms with van der Waals surface area (Å²) < 4.78 is 0. The molecular weight excluding hydrogens is 210 g/mol. The van der Waals surface area contributed by atoms with Crippen LogP contribution < -0.4 is 5.32 Å². The number of carboxylic acid groups (broad SMARTS) is 1. The summed E-state index contributed by atoms with van der Waals surface area (Å²) >= 11 is 1.69. The molecule has 1 unspecified atom stereocenters. The van der Waals surface area contributed by atoms with Crippen molar-refractivity contribution in [2.75, 3.05) is 11.6 Å². The van der Waals surface area contributed by atoms with Gasteiger partial charge in [-0.15, -0.1) is 11.8 Å². The fourth-order valence-corrected chi connectivity index (χ4v) is 1.69. The van der Waals surface area contributed by atoms with Gasteiger partial charge in [0.1, 0.15) is 0 Å². The summed E-state index contributed by atoms with van der Waals surface area (Å²) in [5.74, 6) is -0.782. The second-order valence-electron chi connectivity index (χ2n) is 3.37. The lowest BCUT2D eigenvalue weighted by Gasteiger charge is -2.13. The van der Waals surface area contributed by atoms with Gasteiger partial charge in [0.2, 0.25) is 0 Å². The number of carbonyl (C=O) groups is 1. The van der Waals surface area contributed by atoms with E-state index in [1.165, 1.54) is 4.90 Å². The van der Waals surface area contributed by atoms with E-state index in [2.05, 4.69) is 5.32 Å². The molecule has 0 aliphatic rings. The number of aliphatic carboxylic acids is 1.